The van der Waals surface area contributed by atoms with E-state index in [0.717, 1.165) is 16.3 Å². The van der Waals surface area contributed by atoms with Crippen LogP contribution in [0.3, 0.4) is 0 Å². The lowest BCUT2D eigenvalue weighted by molar-refractivity contribution is -0.139. The highest BCUT2D eigenvalue weighted by Crippen LogP contribution is 2.26. The van der Waals surface area contributed by atoms with Gasteiger partial charge in [-0.25, -0.2) is 8.42 Å². The van der Waals surface area contributed by atoms with Crippen LogP contribution in [0.15, 0.2) is 77.7 Å². The second kappa shape index (κ2) is 13.3. The summed E-state index contributed by atoms with van der Waals surface area (Å²) >= 11 is 12.3. The van der Waals surface area contributed by atoms with Crippen molar-refractivity contribution >= 4 is 50.7 Å². The summed E-state index contributed by atoms with van der Waals surface area (Å²) in [6, 6.07) is 18.8. The van der Waals surface area contributed by atoms with Gasteiger partial charge in [0.1, 0.15) is 12.6 Å². The molecule has 3 aromatic rings. The number of hydrogen-bond donors (Lipinski definition) is 1. The van der Waals surface area contributed by atoms with Crippen LogP contribution in [-0.4, -0.2) is 43.8 Å². The predicted molar refractivity (Wildman–Crippen MR) is 157 cm³/mol. The lowest BCUT2D eigenvalue weighted by Crippen LogP contribution is -2.52. The Labute approximate surface area is 240 Å². The number of benzene rings is 3. The summed E-state index contributed by atoms with van der Waals surface area (Å²) in [5.41, 5.74) is 1.89. The molecule has 0 spiro atoms. The fraction of sp³-hybridized carbons (Fsp3) is 0.310. The van der Waals surface area contributed by atoms with Crippen molar-refractivity contribution in [2.24, 2.45) is 0 Å². The zero-order chi connectivity index (χ0) is 28.7. The molecule has 0 bridgehead atoms. The van der Waals surface area contributed by atoms with Gasteiger partial charge in [-0.3, -0.25) is 13.9 Å². The molecule has 0 fully saturated rings. The Morgan fingerprint density at radius 1 is 0.923 bits per heavy atom. The first-order valence-electron chi connectivity index (χ1n) is 12.6. The predicted octanol–water partition coefficient (Wildman–Crippen LogP) is 5.83. The summed E-state index contributed by atoms with van der Waals surface area (Å²) < 4.78 is 28.6. The Balaban J connectivity index is 2.01. The van der Waals surface area contributed by atoms with E-state index >= 15 is 0 Å². The molecule has 0 aliphatic rings. The van der Waals surface area contributed by atoms with Crippen molar-refractivity contribution in [3.63, 3.8) is 0 Å². The number of aryl methyl sites for hydroxylation is 1. The van der Waals surface area contributed by atoms with Crippen molar-refractivity contribution in [2.75, 3.05) is 10.8 Å². The number of sulfonamides is 1. The van der Waals surface area contributed by atoms with Gasteiger partial charge in [0.2, 0.25) is 11.8 Å². The van der Waals surface area contributed by atoms with Gasteiger partial charge in [-0.2, -0.15) is 0 Å². The van der Waals surface area contributed by atoms with E-state index < -0.39 is 28.5 Å². The molecule has 208 valence electrons. The second-order valence-electron chi connectivity index (χ2n) is 9.42. The lowest BCUT2D eigenvalue weighted by atomic mass is 10.1. The van der Waals surface area contributed by atoms with Gasteiger partial charge < -0.3 is 10.2 Å². The van der Waals surface area contributed by atoms with E-state index in [1.54, 1.807) is 67.6 Å². The summed E-state index contributed by atoms with van der Waals surface area (Å²) in [6.07, 6.45) is 0.718. The number of hydrogen-bond acceptors (Lipinski definition) is 4. The molecule has 0 heterocycles. The highest BCUT2D eigenvalue weighted by atomic mass is 35.5. The number of nitrogens with one attached hydrogen (secondary N) is 1. The number of nitrogens with zero attached hydrogens (tertiary/aromatic N) is 2. The van der Waals surface area contributed by atoms with Crippen molar-refractivity contribution in [2.45, 2.75) is 57.6 Å². The molecular weight excluding hydrogens is 557 g/mol. The van der Waals surface area contributed by atoms with Crippen LogP contribution in [0, 0.1) is 6.92 Å². The minimum Gasteiger partial charge on any atom is -0.352 e. The average Bonchev–Trinajstić information content (AvgIpc) is 2.92. The standard InChI is InChI=1S/C29H33Cl2N3O4S/c1-5-21(3)32-29(36)22(4)33(18-23-13-16-26(30)27(31)17-23)28(35)19-34(24-9-7-6-8-10-24)39(37,38)25-14-11-20(2)12-15-25/h6-17,21-22H,5,18-19H2,1-4H3,(H,32,36)/t21-,22-/m1/s1. The first-order chi connectivity index (χ1) is 18.4. The summed E-state index contributed by atoms with van der Waals surface area (Å²) in [6.45, 7) is 6.82. The molecule has 0 aromatic heterocycles. The van der Waals surface area contributed by atoms with Crippen LogP contribution in [0.1, 0.15) is 38.3 Å². The monoisotopic (exact) mass is 589 g/mol. The van der Waals surface area contributed by atoms with Crippen LogP contribution in [-0.2, 0) is 26.2 Å². The maximum Gasteiger partial charge on any atom is 0.264 e. The van der Waals surface area contributed by atoms with E-state index in [1.807, 2.05) is 20.8 Å². The number of anilines is 1. The molecule has 0 aliphatic carbocycles. The maximum absolute atomic E-state index is 13.9. The number of amides is 2. The summed E-state index contributed by atoms with van der Waals surface area (Å²) in [5, 5.41) is 3.58. The molecule has 7 nitrogen and oxygen atoms in total. The molecule has 0 unspecified atom stereocenters. The number of para-hydroxylation sites is 1. The van der Waals surface area contributed by atoms with Gasteiger partial charge in [0.15, 0.2) is 0 Å². The highest BCUT2D eigenvalue weighted by molar-refractivity contribution is 7.92. The maximum atomic E-state index is 13.9. The number of carbonyl (C=O) groups excluding carboxylic acids is 2. The van der Waals surface area contributed by atoms with E-state index in [2.05, 4.69) is 5.32 Å². The zero-order valence-corrected chi connectivity index (χ0v) is 24.7. The van der Waals surface area contributed by atoms with Crippen LogP contribution in [0.25, 0.3) is 0 Å². The number of halogens is 2. The molecule has 0 aliphatic heterocycles. The van der Waals surface area contributed by atoms with Crippen LogP contribution in [0.4, 0.5) is 5.69 Å². The molecule has 3 rings (SSSR count). The molecule has 10 heteroatoms. The smallest absolute Gasteiger partial charge is 0.264 e. The molecule has 39 heavy (non-hydrogen) atoms. The first-order valence-corrected chi connectivity index (χ1v) is 14.8. The van der Waals surface area contributed by atoms with Gasteiger partial charge >= 0.3 is 0 Å². The molecular formula is C29H33Cl2N3O4S. The molecule has 3 aromatic carbocycles. The fourth-order valence-electron chi connectivity index (χ4n) is 3.84. The summed E-state index contributed by atoms with van der Waals surface area (Å²) in [7, 11) is -4.11. The Hall–Kier alpha value is -3.07. The van der Waals surface area contributed by atoms with Crippen molar-refractivity contribution < 1.29 is 18.0 Å². The molecule has 2 atom stereocenters. The highest BCUT2D eigenvalue weighted by Gasteiger charge is 2.32. The zero-order valence-electron chi connectivity index (χ0n) is 22.4. The molecule has 0 radical (unpaired) electrons. The fourth-order valence-corrected chi connectivity index (χ4v) is 5.58. The van der Waals surface area contributed by atoms with Crippen molar-refractivity contribution in [1.82, 2.24) is 10.2 Å². The third kappa shape index (κ3) is 7.75. The van der Waals surface area contributed by atoms with Crippen molar-refractivity contribution in [1.29, 1.82) is 0 Å². The quantitative estimate of drug-likeness (QED) is 0.305. The molecule has 0 saturated carbocycles. The SMILES string of the molecule is CC[C@@H](C)NC(=O)[C@@H](C)N(Cc1ccc(Cl)c(Cl)c1)C(=O)CN(c1ccccc1)S(=O)(=O)c1ccc(C)cc1. The Kier molecular flexibility index (Phi) is 10.4. The largest absolute Gasteiger partial charge is 0.352 e. The van der Waals surface area contributed by atoms with Crippen molar-refractivity contribution in [3.05, 3.63) is 94.0 Å². The third-order valence-electron chi connectivity index (χ3n) is 6.44. The normalized spacial score (nSPS) is 12.9. The minimum atomic E-state index is -4.11. The van der Waals surface area contributed by atoms with Crippen LogP contribution >= 0.6 is 23.2 Å². The molecule has 0 saturated heterocycles. The molecule has 1 N–H and O–H groups in total. The van der Waals surface area contributed by atoms with Gasteiger partial charge in [0, 0.05) is 12.6 Å². The number of rotatable bonds is 11. The van der Waals surface area contributed by atoms with E-state index in [-0.39, 0.29) is 23.4 Å². The van der Waals surface area contributed by atoms with Crippen LogP contribution < -0.4 is 9.62 Å². The van der Waals surface area contributed by atoms with E-state index in [1.165, 1.54) is 17.0 Å². The number of carbonyl (C=O) groups is 2. The molecule has 2 amide bonds. The van der Waals surface area contributed by atoms with Crippen LogP contribution in [0.5, 0.6) is 0 Å². The topological polar surface area (TPSA) is 86.8 Å². The minimum absolute atomic E-state index is 0.0258. The van der Waals surface area contributed by atoms with Crippen LogP contribution in [0.2, 0.25) is 10.0 Å². The van der Waals surface area contributed by atoms with E-state index in [4.69, 9.17) is 23.2 Å². The van der Waals surface area contributed by atoms with Crippen molar-refractivity contribution in [3.8, 4) is 0 Å². The average molecular weight is 591 g/mol. The van der Waals surface area contributed by atoms with Gasteiger partial charge in [-0.05, 0) is 69.2 Å². The van der Waals surface area contributed by atoms with Gasteiger partial charge in [-0.15, -0.1) is 0 Å². The van der Waals surface area contributed by atoms with Gasteiger partial charge in [0.05, 0.1) is 20.6 Å². The van der Waals surface area contributed by atoms with E-state index in [9.17, 15) is 18.0 Å². The third-order valence-corrected chi connectivity index (χ3v) is 8.96. The Morgan fingerprint density at radius 3 is 2.15 bits per heavy atom. The second-order valence-corrected chi connectivity index (χ2v) is 12.1. The van der Waals surface area contributed by atoms with Gasteiger partial charge in [0.25, 0.3) is 10.0 Å². The Morgan fingerprint density at radius 2 is 1.56 bits per heavy atom. The van der Waals surface area contributed by atoms with Gasteiger partial charge in [-0.1, -0.05) is 72.1 Å². The summed E-state index contributed by atoms with van der Waals surface area (Å²) in [5.74, 6) is -0.891. The van der Waals surface area contributed by atoms with E-state index in [0.29, 0.717) is 21.3 Å². The first kappa shape index (κ1) is 30.5. The summed E-state index contributed by atoms with van der Waals surface area (Å²) in [4.78, 5) is 28.4. The lowest BCUT2D eigenvalue weighted by Gasteiger charge is -2.32. The Bertz CT molecular complexity index is 1400.